The van der Waals surface area contributed by atoms with E-state index in [2.05, 4.69) is 18.6 Å². The Morgan fingerprint density at radius 1 is 0.967 bits per heavy atom. The molecule has 30 heavy (non-hydrogen) atoms. The molecule has 2 aliphatic rings. The lowest BCUT2D eigenvalue weighted by Gasteiger charge is -2.36. The van der Waals surface area contributed by atoms with Crippen LogP contribution in [0.1, 0.15) is 96.0 Å². The monoisotopic (exact) mass is 428 g/mol. The fourth-order valence-corrected chi connectivity index (χ4v) is 5.88. The molecule has 1 nitrogen and oxygen atoms in total. The smallest absolute Gasteiger partial charge is 0.403 e. The molecule has 5 heteroatoms. The second-order valence-corrected chi connectivity index (χ2v) is 9.74. The van der Waals surface area contributed by atoms with Gasteiger partial charge in [-0.2, -0.15) is 0 Å². The van der Waals surface area contributed by atoms with Gasteiger partial charge in [-0.15, -0.1) is 13.2 Å². The maximum atomic E-state index is 14.0. The van der Waals surface area contributed by atoms with Crippen molar-refractivity contribution >= 4 is 0 Å². The molecule has 0 aromatic heterocycles. The Bertz CT molecular complexity index is 656. The van der Waals surface area contributed by atoms with Crippen molar-refractivity contribution in [2.24, 2.45) is 23.7 Å². The summed E-state index contributed by atoms with van der Waals surface area (Å²) < 4.78 is 54.7. The van der Waals surface area contributed by atoms with Crippen LogP contribution in [0.25, 0.3) is 0 Å². The van der Waals surface area contributed by atoms with Crippen molar-refractivity contribution in [3.63, 3.8) is 0 Å². The van der Waals surface area contributed by atoms with Crippen molar-refractivity contribution in [1.29, 1.82) is 0 Å². The van der Waals surface area contributed by atoms with E-state index < -0.39 is 17.9 Å². The number of ether oxygens (including phenoxy) is 1. The summed E-state index contributed by atoms with van der Waals surface area (Å²) in [7, 11) is 0. The van der Waals surface area contributed by atoms with Crippen LogP contribution in [-0.4, -0.2) is 6.36 Å². The van der Waals surface area contributed by atoms with Crippen LogP contribution in [-0.2, 0) is 0 Å². The Kier molecular flexibility index (Phi) is 8.09. The zero-order valence-corrected chi connectivity index (χ0v) is 18.3. The van der Waals surface area contributed by atoms with E-state index >= 15 is 0 Å². The third-order valence-corrected chi connectivity index (χ3v) is 7.60. The van der Waals surface area contributed by atoms with Crippen LogP contribution < -0.4 is 4.74 Å². The molecule has 0 amide bonds. The van der Waals surface area contributed by atoms with E-state index in [1.165, 1.54) is 51.0 Å². The molecular formula is C25H36F4O. The van der Waals surface area contributed by atoms with Crippen molar-refractivity contribution in [3.05, 3.63) is 29.6 Å². The van der Waals surface area contributed by atoms with Gasteiger partial charge >= 0.3 is 6.36 Å². The Morgan fingerprint density at radius 3 is 2.17 bits per heavy atom. The molecule has 0 saturated heterocycles. The highest BCUT2D eigenvalue weighted by atomic mass is 19.4. The first-order valence-corrected chi connectivity index (χ1v) is 11.8. The fraction of sp³-hybridized carbons (Fsp3) is 0.760. The van der Waals surface area contributed by atoms with Gasteiger partial charge in [0.25, 0.3) is 0 Å². The first-order valence-electron chi connectivity index (χ1n) is 11.8. The van der Waals surface area contributed by atoms with Crippen LogP contribution in [0.3, 0.4) is 0 Å². The average molecular weight is 429 g/mol. The second-order valence-electron chi connectivity index (χ2n) is 9.74. The van der Waals surface area contributed by atoms with Crippen molar-refractivity contribution in [2.45, 2.75) is 96.8 Å². The third-order valence-electron chi connectivity index (χ3n) is 7.60. The number of hydrogen-bond donors (Lipinski definition) is 0. The van der Waals surface area contributed by atoms with Gasteiger partial charge in [0.15, 0.2) is 11.6 Å². The van der Waals surface area contributed by atoms with E-state index in [0.717, 1.165) is 61.0 Å². The third kappa shape index (κ3) is 6.62. The van der Waals surface area contributed by atoms with Crippen molar-refractivity contribution < 1.29 is 22.3 Å². The van der Waals surface area contributed by atoms with Crippen molar-refractivity contribution in [2.75, 3.05) is 0 Å². The van der Waals surface area contributed by atoms with Gasteiger partial charge in [-0.25, -0.2) is 4.39 Å². The molecule has 3 rings (SSSR count). The zero-order valence-electron chi connectivity index (χ0n) is 18.3. The summed E-state index contributed by atoms with van der Waals surface area (Å²) in [5, 5.41) is 0. The highest BCUT2D eigenvalue weighted by Crippen LogP contribution is 2.43. The number of hydrogen-bond acceptors (Lipinski definition) is 1. The molecule has 0 bridgehead atoms. The topological polar surface area (TPSA) is 9.23 Å². The molecule has 1 aromatic carbocycles. The lowest BCUT2D eigenvalue weighted by Crippen LogP contribution is -2.23. The molecule has 170 valence electrons. The normalized spacial score (nSPS) is 28.9. The van der Waals surface area contributed by atoms with Gasteiger partial charge in [-0.1, -0.05) is 45.6 Å². The highest BCUT2D eigenvalue weighted by molar-refractivity contribution is 5.31. The lowest BCUT2D eigenvalue weighted by molar-refractivity contribution is -0.275. The summed E-state index contributed by atoms with van der Waals surface area (Å²) in [5.41, 5.74) is 0.794. The van der Waals surface area contributed by atoms with Crippen LogP contribution in [0, 0.1) is 29.5 Å². The number of rotatable bonds is 7. The van der Waals surface area contributed by atoms with Gasteiger partial charge in [-0.3, -0.25) is 0 Å². The Labute approximate surface area is 178 Å². The molecule has 2 aliphatic carbocycles. The molecule has 0 radical (unpaired) electrons. The van der Waals surface area contributed by atoms with Gasteiger partial charge < -0.3 is 4.74 Å². The summed E-state index contributed by atoms with van der Waals surface area (Å²) in [6, 6.07) is 3.93. The van der Waals surface area contributed by atoms with Crippen LogP contribution >= 0.6 is 0 Å². The summed E-state index contributed by atoms with van der Waals surface area (Å²) in [6.07, 6.45) is 8.88. The minimum absolute atomic E-state index is 0.232. The van der Waals surface area contributed by atoms with E-state index in [0.29, 0.717) is 0 Å². The molecular weight excluding hydrogens is 392 g/mol. The molecule has 2 saturated carbocycles. The summed E-state index contributed by atoms with van der Waals surface area (Å²) in [5.74, 6) is 1.86. The summed E-state index contributed by atoms with van der Waals surface area (Å²) in [6.45, 7) is 4.70. The Balaban J connectivity index is 1.45. The van der Waals surface area contributed by atoms with Crippen LogP contribution in [0.15, 0.2) is 18.2 Å². The van der Waals surface area contributed by atoms with Crippen LogP contribution in [0.2, 0.25) is 0 Å². The summed E-state index contributed by atoms with van der Waals surface area (Å²) >= 11 is 0. The molecule has 0 spiro atoms. The van der Waals surface area contributed by atoms with Crippen LogP contribution in [0.4, 0.5) is 17.6 Å². The standard InChI is InChI=1S/C25H36F4O/c1-3-4-18-5-9-20(10-6-18)17(2)15-19-7-11-21(12-8-19)22-13-14-24(23(26)16-22)30-25(27,28)29/h13-14,16-21H,3-12,15H2,1-2H3. The molecule has 1 aromatic rings. The van der Waals surface area contributed by atoms with Gasteiger partial charge in [0.1, 0.15) is 0 Å². The molecule has 1 unspecified atom stereocenters. The summed E-state index contributed by atoms with van der Waals surface area (Å²) in [4.78, 5) is 0. The van der Waals surface area contributed by atoms with Crippen molar-refractivity contribution in [1.82, 2.24) is 0 Å². The second kappa shape index (κ2) is 10.4. The fourth-order valence-electron chi connectivity index (χ4n) is 5.88. The lowest BCUT2D eigenvalue weighted by atomic mass is 9.70. The largest absolute Gasteiger partial charge is 0.573 e. The van der Waals surface area contributed by atoms with E-state index in [1.54, 1.807) is 6.07 Å². The molecule has 2 fully saturated rings. The van der Waals surface area contributed by atoms with Gasteiger partial charge in [0.2, 0.25) is 0 Å². The number of alkyl halides is 3. The highest BCUT2D eigenvalue weighted by Gasteiger charge is 2.33. The van der Waals surface area contributed by atoms with E-state index in [9.17, 15) is 17.6 Å². The Morgan fingerprint density at radius 2 is 1.60 bits per heavy atom. The van der Waals surface area contributed by atoms with E-state index in [-0.39, 0.29) is 5.92 Å². The van der Waals surface area contributed by atoms with E-state index in [4.69, 9.17) is 0 Å². The van der Waals surface area contributed by atoms with Gasteiger partial charge in [0.05, 0.1) is 0 Å². The maximum Gasteiger partial charge on any atom is 0.573 e. The van der Waals surface area contributed by atoms with Gasteiger partial charge in [0, 0.05) is 0 Å². The van der Waals surface area contributed by atoms with Crippen molar-refractivity contribution in [3.8, 4) is 5.75 Å². The predicted molar refractivity (Wildman–Crippen MR) is 112 cm³/mol. The minimum atomic E-state index is -4.87. The quantitative estimate of drug-likeness (QED) is 0.395. The molecule has 0 N–H and O–H groups in total. The maximum absolute atomic E-state index is 14.0. The van der Waals surface area contributed by atoms with E-state index in [1.807, 2.05) is 0 Å². The first kappa shape index (κ1) is 23.4. The number of benzene rings is 1. The predicted octanol–water partition coefficient (Wildman–Crippen LogP) is 8.63. The Hall–Kier alpha value is -1.26. The SMILES string of the molecule is CCCC1CCC(C(C)CC2CCC(c3ccc(OC(F)(F)F)c(F)c3)CC2)CC1. The number of halogens is 4. The zero-order chi connectivity index (χ0) is 21.7. The molecule has 0 heterocycles. The average Bonchev–Trinajstić information content (AvgIpc) is 2.70. The first-order chi connectivity index (χ1) is 14.2. The van der Waals surface area contributed by atoms with Gasteiger partial charge in [-0.05, 0) is 92.2 Å². The minimum Gasteiger partial charge on any atom is -0.403 e. The van der Waals surface area contributed by atoms with Crippen LogP contribution in [0.5, 0.6) is 5.75 Å². The molecule has 1 atom stereocenters. The molecule has 0 aliphatic heterocycles.